The van der Waals surface area contributed by atoms with Crippen molar-refractivity contribution in [1.29, 1.82) is 5.26 Å². The number of amides is 1. The zero-order valence-electron chi connectivity index (χ0n) is 22.5. The van der Waals surface area contributed by atoms with E-state index in [9.17, 15) is 14.9 Å². The third-order valence-corrected chi connectivity index (χ3v) is 8.59. The lowest BCUT2D eigenvalue weighted by Gasteiger charge is -2.33. The molecule has 0 spiro atoms. The van der Waals surface area contributed by atoms with Gasteiger partial charge in [-0.05, 0) is 66.8 Å². The summed E-state index contributed by atoms with van der Waals surface area (Å²) in [4.78, 5) is 32.2. The number of esters is 1. The van der Waals surface area contributed by atoms with Crippen LogP contribution in [0.4, 0.5) is 5.00 Å². The largest absolute Gasteiger partial charge is 0.449 e. The van der Waals surface area contributed by atoms with E-state index in [2.05, 4.69) is 37.1 Å². The number of carbonyl (C=O) groups excluding carboxylic acids is 2. The number of benzene rings is 2. The van der Waals surface area contributed by atoms with Crippen molar-refractivity contribution in [2.45, 2.75) is 59.5 Å². The number of oxazole rings is 1. The summed E-state index contributed by atoms with van der Waals surface area (Å²) in [5, 5.41) is 13.3. The van der Waals surface area contributed by atoms with Crippen molar-refractivity contribution >= 4 is 39.3 Å². The molecule has 2 aromatic heterocycles. The number of para-hydroxylation sites is 2. The Morgan fingerprint density at radius 1 is 1.21 bits per heavy atom. The smallest absolute Gasteiger partial charge is 0.339 e. The van der Waals surface area contributed by atoms with E-state index in [-0.39, 0.29) is 17.4 Å². The van der Waals surface area contributed by atoms with Crippen LogP contribution in [-0.2, 0) is 22.4 Å². The molecule has 4 aromatic rings. The fourth-order valence-electron chi connectivity index (χ4n) is 5.07. The number of hydrogen-bond acceptors (Lipinski definition) is 7. The van der Waals surface area contributed by atoms with E-state index >= 15 is 0 Å². The molecule has 0 radical (unpaired) electrons. The Morgan fingerprint density at radius 2 is 1.95 bits per heavy atom. The van der Waals surface area contributed by atoms with Crippen LogP contribution in [0.15, 0.2) is 52.9 Å². The van der Waals surface area contributed by atoms with Crippen LogP contribution in [0.1, 0.15) is 66.9 Å². The summed E-state index contributed by atoms with van der Waals surface area (Å²) in [6, 6.07) is 16.5. The molecule has 2 atom stereocenters. The van der Waals surface area contributed by atoms with Crippen LogP contribution in [0.25, 0.3) is 22.6 Å². The highest BCUT2D eigenvalue weighted by atomic mass is 32.1. The van der Waals surface area contributed by atoms with Crippen LogP contribution in [0, 0.1) is 22.7 Å². The predicted molar refractivity (Wildman–Crippen MR) is 152 cm³/mol. The zero-order valence-corrected chi connectivity index (χ0v) is 23.4. The second-order valence-electron chi connectivity index (χ2n) is 10.9. The number of nitrogens with zero attached hydrogens (tertiary/aromatic N) is 2. The predicted octanol–water partition coefficient (Wildman–Crippen LogP) is 7.15. The number of thiophene rings is 1. The van der Waals surface area contributed by atoms with Crippen LogP contribution in [0.3, 0.4) is 0 Å². The second kappa shape index (κ2) is 10.7. The molecule has 2 heterocycles. The molecule has 1 N–H and O–H groups in total. The maximum atomic E-state index is 13.3. The highest BCUT2D eigenvalue weighted by Gasteiger charge is 2.33. The average molecular weight is 542 g/mol. The van der Waals surface area contributed by atoms with Crippen molar-refractivity contribution in [2.24, 2.45) is 11.3 Å². The molecule has 39 heavy (non-hydrogen) atoms. The molecule has 0 saturated heterocycles. The number of carbonyl (C=O) groups is 2. The summed E-state index contributed by atoms with van der Waals surface area (Å²) < 4.78 is 11.6. The minimum Gasteiger partial charge on any atom is -0.449 e. The molecule has 1 amide bonds. The molecule has 0 fully saturated rings. The highest BCUT2D eigenvalue weighted by Crippen LogP contribution is 2.44. The molecule has 0 saturated carbocycles. The van der Waals surface area contributed by atoms with Gasteiger partial charge in [0.05, 0.1) is 16.7 Å². The van der Waals surface area contributed by atoms with Crippen molar-refractivity contribution in [3.05, 3.63) is 70.1 Å². The number of rotatable bonds is 6. The van der Waals surface area contributed by atoms with E-state index in [0.717, 1.165) is 29.7 Å². The van der Waals surface area contributed by atoms with E-state index in [4.69, 9.17) is 9.15 Å². The van der Waals surface area contributed by atoms with Gasteiger partial charge in [0, 0.05) is 4.88 Å². The first kappa shape index (κ1) is 26.6. The Kier molecular flexibility index (Phi) is 7.28. The normalized spacial score (nSPS) is 15.8. The van der Waals surface area contributed by atoms with Gasteiger partial charge in [0.2, 0.25) is 5.89 Å². The topological polar surface area (TPSA) is 105 Å². The maximum absolute atomic E-state index is 13.3. The van der Waals surface area contributed by atoms with Gasteiger partial charge in [-0.3, -0.25) is 4.79 Å². The SMILES string of the molecule is CCC(OC(=O)c1ccccc1-c1nc2ccccc2o1)C(=O)Nc1sc2c(c1C#N)CCC(C(C)(C)C)C2. The fraction of sp³-hybridized carbons (Fsp3) is 0.355. The number of nitriles is 1. The van der Waals surface area contributed by atoms with Gasteiger partial charge in [0.1, 0.15) is 16.6 Å². The van der Waals surface area contributed by atoms with E-state index in [1.165, 1.54) is 11.3 Å². The average Bonchev–Trinajstić information content (AvgIpc) is 3.51. The molecule has 1 aliphatic rings. The lowest BCUT2D eigenvalue weighted by Crippen LogP contribution is -2.32. The summed E-state index contributed by atoms with van der Waals surface area (Å²) >= 11 is 1.46. The molecule has 5 rings (SSSR count). The zero-order chi connectivity index (χ0) is 27.7. The van der Waals surface area contributed by atoms with Crippen LogP contribution in [-0.4, -0.2) is 23.0 Å². The van der Waals surface area contributed by atoms with Crippen molar-refractivity contribution in [3.8, 4) is 17.5 Å². The van der Waals surface area contributed by atoms with Gasteiger partial charge in [-0.2, -0.15) is 5.26 Å². The molecule has 200 valence electrons. The lowest BCUT2D eigenvalue weighted by molar-refractivity contribution is -0.124. The number of hydrogen-bond donors (Lipinski definition) is 1. The van der Waals surface area contributed by atoms with Crippen LogP contribution in [0.5, 0.6) is 0 Å². The van der Waals surface area contributed by atoms with Gasteiger partial charge in [-0.15, -0.1) is 11.3 Å². The highest BCUT2D eigenvalue weighted by molar-refractivity contribution is 7.16. The van der Waals surface area contributed by atoms with Crippen LogP contribution in [0.2, 0.25) is 0 Å². The third kappa shape index (κ3) is 5.32. The minimum absolute atomic E-state index is 0.174. The van der Waals surface area contributed by atoms with E-state index in [0.29, 0.717) is 39.0 Å². The molecular weight excluding hydrogens is 510 g/mol. The van der Waals surface area contributed by atoms with Crippen molar-refractivity contribution in [2.75, 3.05) is 5.32 Å². The Morgan fingerprint density at radius 3 is 2.67 bits per heavy atom. The van der Waals surface area contributed by atoms with Crippen LogP contribution >= 0.6 is 11.3 Å². The first-order valence-electron chi connectivity index (χ1n) is 13.2. The molecule has 8 heteroatoms. The van der Waals surface area contributed by atoms with E-state index < -0.39 is 18.0 Å². The third-order valence-electron chi connectivity index (χ3n) is 7.42. The number of anilines is 1. The first-order valence-corrected chi connectivity index (χ1v) is 14.0. The molecule has 2 unspecified atom stereocenters. The van der Waals surface area contributed by atoms with E-state index in [1.54, 1.807) is 31.2 Å². The first-order chi connectivity index (χ1) is 18.7. The standard InChI is InChI=1S/C31H31N3O4S/c1-5-24(27(35)34-29-22(17-32)19-15-14-18(31(2,3)4)16-26(19)39-29)38-30(36)21-11-7-6-10-20(21)28-33-23-12-8-9-13-25(23)37-28/h6-13,18,24H,5,14-16H2,1-4H3,(H,34,35). The van der Waals surface area contributed by atoms with Crippen molar-refractivity contribution < 1.29 is 18.7 Å². The van der Waals surface area contributed by atoms with Gasteiger partial charge in [-0.1, -0.05) is 52.0 Å². The Balaban J connectivity index is 1.34. The van der Waals surface area contributed by atoms with Gasteiger partial charge >= 0.3 is 5.97 Å². The molecular formula is C31H31N3O4S. The fourth-order valence-corrected chi connectivity index (χ4v) is 6.35. The van der Waals surface area contributed by atoms with E-state index in [1.807, 2.05) is 24.3 Å². The summed E-state index contributed by atoms with van der Waals surface area (Å²) in [6.07, 6.45) is 1.99. The molecule has 1 aliphatic carbocycles. The van der Waals surface area contributed by atoms with Gasteiger partial charge in [-0.25, -0.2) is 9.78 Å². The number of ether oxygens (including phenoxy) is 1. The summed E-state index contributed by atoms with van der Waals surface area (Å²) in [6.45, 7) is 8.51. The van der Waals surface area contributed by atoms with Gasteiger partial charge in [0.25, 0.3) is 5.91 Å². The summed E-state index contributed by atoms with van der Waals surface area (Å²) in [5.74, 6) is -0.274. The van der Waals surface area contributed by atoms with Crippen molar-refractivity contribution in [3.63, 3.8) is 0 Å². The summed E-state index contributed by atoms with van der Waals surface area (Å²) in [7, 11) is 0. The molecule has 2 aromatic carbocycles. The Labute approximate surface area is 231 Å². The van der Waals surface area contributed by atoms with Gasteiger partial charge < -0.3 is 14.5 Å². The maximum Gasteiger partial charge on any atom is 0.339 e. The monoisotopic (exact) mass is 541 g/mol. The molecule has 0 bridgehead atoms. The number of fused-ring (bicyclic) bond motifs is 2. The minimum atomic E-state index is -1.03. The molecule has 0 aliphatic heterocycles. The quantitative estimate of drug-likeness (QED) is 0.260. The molecule has 7 nitrogen and oxygen atoms in total. The van der Waals surface area contributed by atoms with Crippen LogP contribution < -0.4 is 5.32 Å². The van der Waals surface area contributed by atoms with Gasteiger partial charge in [0.15, 0.2) is 11.7 Å². The number of aromatic nitrogens is 1. The van der Waals surface area contributed by atoms with Crippen molar-refractivity contribution in [1.82, 2.24) is 4.98 Å². The lowest BCUT2D eigenvalue weighted by atomic mass is 9.72. The second-order valence-corrected chi connectivity index (χ2v) is 12.1. The Hall–Kier alpha value is -3.96. The number of nitrogens with one attached hydrogen (secondary N) is 1. The Bertz CT molecular complexity index is 1550. The summed E-state index contributed by atoms with van der Waals surface area (Å²) in [5.41, 5.74) is 3.78.